The molecule has 0 saturated carbocycles. The van der Waals surface area contributed by atoms with Gasteiger partial charge in [0, 0.05) is 183 Å². The number of ether oxygens (including phenoxy) is 21. The van der Waals surface area contributed by atoms with Gasteiger partial charge in [0.1, 0.15) is 74.1 Å². The Kier molecular flexibility index (Phi) is 84.1. The molecule has 0 fully saturated rings. The second-order valence-electron chi connectivity index (χ2n) is 35.0. The van der Waals surface area contributed by atoms with E-state index in [4.69, 9.17) is 203 Å². The standard InChI is InChI=1S/C24H54N4O5.2C20H46N4O5.C15H27N3O3.C13H23N3O3/c1-7-23(13-29-9-19(3)25,14-30-10-20(4)26)17-33-18-24(8-2,15-31-11-21(5)27)16-32-12-22(6)28;2*1-3-19(13-25-9-5-21,14-26-10-6-22)17-29-18-20(4-2,15-27-11-7-23)16-28-12-8-24;1-10(16)7-19-13-4-14(20-8-11(2)17)6-15(5-13)21-9-12(3)18;1-10(16)9-19-13-7-11(17-4-2-14)6-12(8-13)18-5-3-15/h19-22H,7-18,25-28H2,1-6H3;2*3-18,21-24H2,1-2H3;4-6,10-12H,7-9,16-18H2,1-3H3;6-8,10H,2-5,9,14-16H2,1H3. The highest BCUT2D eigenvalue weighted by Gasteiger charge is 2.38. The summed E-state index contributed by atoms with van der Waals surface area (Å²) in [4.78, 5) is 0. The summed E-state index contributed by atoms with van der Waals surface area (Å²) in [5.41, 5.74) is 99.9. The van der Waals surface area contributed by atoms with Crippen LogP contribution in [-0.4, -0.2) is 352 Å². The fraction of sp³-hybridized carbons (Fsp3) is 0.870. The number of benzene rings is 2. The zero-order valence-corrected chi connectivity index (χ0v) is 83.8. The molecule has 36 N–H and O–H groups in total. The third kappa shape index (κ3) is 70.2. The van der Waals surface area contributed by atoms with E-state index < -0.39 is 0 Å². The molecule has 39 nitrogen and oxygen atoms in total. The van der Waals surface area contributed by atoms with Gasteiger partial charge in [-0.3, -0.25) is 0 Å². The average molecular weight is 1890 g/mol. The van der Waals surface area contributed by atoms with E-state index in [0.717, 1.165) is 38.5 Å². The van der Waals surface area contributed by atoms with E-state index in [2.05, 4.69) is 41.5 Å². The van der Waals surface area contributed by atoms with Crippen LogP contribution in [0.2, 0.25) is 0 Å². The maximum absolute atomic E-state index is 6.33. The number of nitrogens with two attached hydrogens (primary N) is 18. The van der Waals surface area contributed by atoms with Crippen LogP contribution in [0, 0.1) is 32.5 Å². The molecule has 2 aromatic carbocycles. The summed E-state index contributed by atoms with van der Waals surface area (Å²) in [6, 6.07) is 10.4. The molecule has 0 saturated heterocycles. The Morgan fingerprint density at radius 2 is 0.298 bits per heavy atom. The molecule has 8 atom stereocenters. The van der Waals surface area contributed by atoms with Crippen molar-refractivity contribution in [1.29, 1.82) is 0 Å². The molecule has 131 heavy (non-hydrogen) atoms. The maximum Gasteiger partial charge on any atom is 0.126 e. The monoisotopic (exact) mass is 1890 g/mol. The van der Waals surface area contributed by atoms with Crippen LogP contribution in [0.15, 0.2) is 36.4 Å². The maximum atomic E-state index is 6.33. The minimum absolute atomic E-state index is 0.0256. The quantitative estimate of drug-likeness (QED) is 0.0418. The molecule has 780 valence electrons. The molecule has 0 bridgehead atoms. The Bertz CT molecular complexity index is 2490. The number of rotatable bonds is 84. The summed E-state index contributed by atoms with van der Waals surface area (Å²) in [6.07, 6.45) is 5.10. The summed E-state index contributed by atoms with van der Waals surface area (Å²) in [7, 11) is 0. The molecule has 39 heteroatoms. The second kappa shape index (κ2) is 84.0. The third-order valence-corrected chi connectivity index (χ3v) is 20.0. The van der Waals surface area contributed by atoms with Gasteiger partial charge in [-0.15, -0.1) is 0 Å². The van der Waals surface area contributed by atoms with Crippen LogP contribution in [-0.2, 0) is 71.1 Å². The first-order chi connectivity index (χ1) is 62.7. The zero-order valence-electron chi connectivity index (χ0n) is 83.8. The average Bonchev–Trinajstić information content (AvgIpc) is 0.842. The van der Waals surface area contributed by atoms with Crippen molar-refractivity contribution < 1.29 is 99.5 Å². The van der Waals surface area contributed by atoms with Gasteiger partial charge in [-0.05, 0) is 93.9 Å². The van der Waals surface area contributed by atoms with Crippen molar-refractivity contribution >= 4 is 0 Å². The SMILES string of the molecule is CC(N)COc1cc(OCC(C)N)cc(OCC(C)N)c1.CC(N)COc1cc(OCCN)cc(OCCN)c1.CCC(COCC(C)N)(COCC(C)N)COCC(CC)(COCC(C)N)COCC(C)N.CCC(COCCN)(COCCN)COCC(CC)(COCCN)COCCN.CCC(COCCN)(COCCN)COCC(CC)(COCCN)COCCN. The number of hydrogen-bond acceptors (Lipinski definition) is 39. The topological polar surface area (TPSA) is 662 Å². The number of hydrogen-bond donors (Lipinski definition) is 18. The first-order valence-electron chi connectivity index (χ1n) is 47.4. The van der Waals surface area contributed by atoms with Crippen LogP contribution in [0.3, 0.4) is 0 Å². The molecule has 0 radical (unpaired) electrons. The van der Waals surface area contributed by atoms with Crippen molar-refractivity contribution in [1.82, 2.24) is 0 Å². The Balaban J connectivity index is -0.00000158. The van der Waals surface area contributed by atoms with E-state index in [1.54, 1.807) is 36.4 Å². The fourth-order valence-corrected chi connectivity index (χ4v) is 11.7. The summed E-state index contributed by atoms with van der Waals surface area (Å²) < 4.78 is 122. The molecule has 2 rings (SSSR count). The third-order valence-electron chi connectivity index (χ3n) is 20.0. The predicted octanol–water partition coefficient (Wildman–Crippen LogP) is 1.60. The molecule has 0 spiro atoms. The van der Waals surface area contributed by atoms with Gasteiger partial charge in [0.15, 0.2) is 0 Å². The molecule has 0 amide bonds. The van der Waals surface area contributed by atoms with E-state index in [0.29, 0.717) is 338 Å². The van der Waals surface area contributed by atoms with Crippen LogP contribution >= 0.6 is 0 Å². The van der Waals surface area contributed by atoms with Gasteiger partial charge in [-0.1, -0.05) is 41.5 Å². The highest BCUT2D eigenvalue weighted by atomic mass is 16.6. The van der Waals surface area contributed by atoms with Crippen LogP contribution in [0.1, 0.15) is 135 Å². The largest absolute Gasteiger partial charge is 0.492 e. The molecular weight excluding hydrogens is 1690 g/mol. The van der Waals surface area contributed by atoms with Crippen molar-refractivity contribution in [2.24, 2.45) is 136 Å². The first-order valence-corrected chi connectivity index (χ1v) is 47.4. The molecule has 0 aliphatic rings. The van der Waals surface area contributed by atoms with E-state index in [1.807, 2.05) is 55.4 Å². The lowest BCUT2D eigenvalue weighted by molar-refractivity contribution is -0.113. The van der Waals surface area contributed by atoms with Crippen LogP contribution in [0.5, 0.6) is 34.5 Å². The van der Waals surface area contributed by atoms with Gasteiger partial charge in [0.05, 0.1) is 198 Å². The highest BCUT2D eigenvalue weighted by Crippen LogP contribution is 2.34. The molecule has 8 unspecified atom stereocenters. The van der Waals surface area contributed by atoms with Gasteiger partial charge in [0.25, 0.3) is 0 Å². The normalized spacial score (nSPS) is 14.7. The van der Waals surface area contributed by atoms with Crippen molar-refractivity contribution in [3.8, 4) is 34.5 Å². The van der Waals surface area contributed by atoms with Crippen molar-refractivity contribution in [3.05, 3.63) is 36.4 Å². The predicted molar refractivity (Wildman–Crippen MR) is 524 cm³/mol. The molecule has 0 aliphatic heterocycles. The smallest absolute Gasteiger partial charge is 0.126 e. The second-order valence-corrected chi connectivity index (χ2v) is 35.0. The molecule has 0 heterocycles. The Morgan fingerprint density at radius 3 is 0.420 bits per heavy atom. The molecule has 2 aromatic rings. The minimum atomic E-state index is -0.289. The van der Waals surface area contributed by atoms with E-state index in [1.165, 1.54) is 0 Å². The summed E-state index contributed by atoms with van der Waals surface area (Å²) >= 11 is 0. The van der Waals surface area contributed by atoms with Crippen molar-refractivity contribution in [3.63, 3.8) is 0 Å². The molecule has 0 aliphatic carbocycles. The summed E-state index contributed by atoms with van der Waals surface area (Å²) in [6.45, 7) is 50.6. The van der Waals surface area contributed by atoms with Crippen LogP contribution in [0.4, 0.5) is 0 Å². The van der Waals surface area contributed by atoms with Gasteiger partial charge in [-0.25, -0.2) is 0 Å². The summed E-state index contributed by atoms with van der Waals surface area (Å²) in [5, 5.41) is 0. The van der Waals surface area contributed by atoms with Gasteiger partial charge in [0.2, 0.25) is 0 Å². The molecule has 0 aromatic heterocycles. The zero-order chi connectivity index (χ0) is 98.9. The Hall–Kier alpha value is -4.08. The Labute approximate surface area is 789 Å². The van der Waals surface area contributed by atoms with Gasteiger partial charge < -0.3 is 203 Å². The Morgan fingerprint density at radius 1 is 0.176 bits per heavy atom. The van der Waals surface area contributed by atoms with E-state index in [9.17, 15) is 0 Å². The van der Waals surface area contributed by atoms with Crippen molar-refractivity contribution in [2.45, 2.75) is 184 Å². The molecular formula is C92H196N18O21. The van der Waals surface area contributed by atoms with Crippen molar-refractivity contribution in [2.75, 3.05) is 303 Å². The highest BCUT2D eigenvalue weighted by molar-refractivity contribution is 5.43. The fourth-order valence-electron chi connectivity index (χ4n) is 11.7. The van der Waals surface area contributed by atoms with E-state index in [-0.39, 0.29) is 80.8 Å². The van der Waals surface area contributed by atoms with Gasteiger partial charge >= 0.3 is 0 Å². The lowest BCUT2D eigenvalue weighted by Gasteiger charge is -2.36. The summed E-state index contributed by atoms with van der Waals surface area (Å²) in [5.74, 6) is 3.90. The van der Waals surface area contributed by atoms with E-state index >= 15 is 0 Å². The lowest BCUT2D eigenvalue weighted by Crippen LogP contribution is -2.43. The van der Waals surface area contributed by atoms with Crippen LogP contribution in [0.25, 0.3) is 0 Å². The lowest BCUT2D eigenvalue weighted by atomic mass is 9.86. The van der Waals surface area contributed by atoms with Crippen LogP contribution < -0.4 is 132 Å². The minimum Gasteiger partial charge on any atom is -0.492 e. The van der Waals surface area contributed by atoms with Gasteiger partial charge in [-0.2, -0.15) is 0 Å². The first kappa shape index (κ1) is 131.